The molecule has 0 radical (unpaired) electrons. The van der Waals surface area contributed by atoms with Gasteiger partial charge in [0, 0.05) is 0 Å². The Morgan fingerprint density at radius 2 is 2.60 bits per heavy atom. The Kier molecular flexibility index (Phi) is 1.62. The van der Waals surface area contributed by atoms with Crippen LogP contribution in [0.25, 0.3) is 0 Å². The van der Waals surface area contributed by atoms with Gasteiger partial charge in [0.1, 0.15) is 0 Å². The topological polar surface area (TPSA) is 0 Å². The van der Waals surface area contributed by atoms with Crippen LogP contribution in [0.1, 0.15) is 0 Å². The second-order valence-corrected chi connectivity index (χ2v) is 7.59. The summed E-state index contributed by atoms with van der Waals surface area (Å²) >= 11 is 1.97. The maximum atomic E-state index is 2.33. The Bertz CT molecular complexity index is 42.9. The van der Waals surface area contributed by atoms with Crippen LogP contribution in [-0.4, -0.2) is 26.3 Å². The van der Waals surface area contributed by atoms with E-state index in [1.165, 1.54) is 5.32 Å². The summed E-state index contributed by atoms with van der Waals surface area (Å²) in [5.74, 6) is 0. The van der Waals surface area contributed by atoms with Crippen molar-refractivity contribution in [3.05, 3.63) is 11.1 Å². The average Bonchev–Trinajstić information content (AvgIpc) is 1.76. The molecular formula is C3H4Se2. The summed E-state index contributed by atoms with van der Waals surface area (Å²) in [6.45, 7) is 0. The molecule has 0 nitrogen and oxygen atoms in total. The number of rotatable bonds is 0. The first-order valence-electron chi connectivity index (χ1n) is 1.43. The zero-order chi connectivity index (χ0) is 3.54. The van der Waals surface area contributed by atoms with E-state index in [-0.39, 0.29) is 0 Å². The molecule has 0 N–H and O–H groups in total. The Balaban J connectivity index is 2.32. The quantitative estimate of drug-likeness (QED) is 0.489. The first-order valence-corrected chi connectivity index (χ1v) is 7.97. The van der Waals surface area contributed by atoms with Crippen LogP contribution in [0.2, 0.25) is 5.32 Å². The zero-order valence-corrected chi connectivity index (χ0v) is 6.10. The van der Waals surface area contributed by atoms with Crippen LogP contribution in [0.4, 0.5) is 0 Å². The van der Waals surface area contributed by atoms with Gasteiger partial charge in [-0.2, -0.15) is 0 Å². The van der Waals surface area contributed by atoms with Gasteiger partial charge in [0.25, 0.3) is 0 Å². The van der Waals surface area contributed by atoms with Crippen LogP contribution in [0.15, 0.2) is 11.1 Å². The van der Waals surface area contributed by atoms with Crippen LogP contribution < -0.4 is 0 Å². The molecule has 5 heavy (non-hydrogen) atoms. The van der Waals surface area contributed by atoms with Gasteiger partial charge in [-0.1, -0.05) is 0 Å². The zero-order valence-electron chi connectivity index (χ0n) is 2.68. The normalized spacial score (nSPS) is 20.8. The van der Waals surface area contributed by atoms with Crippen LogP contribution in [0, 0.1) is 0 Å². The fourth-order valence-electron chi connectivity index (χ4n) is 0.196. The second kappa shape index (κ2) is 2.04. The molecule has 1 rings (SSSR count). The summed E-state index contributed by atoms with van der Waals surface area (Å²) in [7, 11) is 0. The van der Waals surface area contributed by atoms with Crippen molar-refractivity contribution in [3.63, 3.8) is 0 Å². The maximum absolute atomic E-state index is 2.33. The monoisotopic (exact) mass is 200 g/mol. The number of hydrogen-bond donors (Lipinski definition) is 0. The standard InChI is InChI=1S/C3H4Se2/c1-2-4-5-3-1/h1-2H,3H2. The van der Waals surface area contributed by atoms with Crippen LogP contribution in [-0.2, 0) is 0 Å². The Morgan fingerprint density at radius 1 is 1.60 bits per heavy atom. The van der Waals surface area contributed by atoms with E-state index in [1.807, 2.05) is 0 Å². The third-order valence-electron chi connectivity index (χ3n) is 0.384. The summed E-state index contributed by atoms with van der Waals surface area (Å²) in [5.41, 5.74) is 0. The molecule has 0 unspecified atom stereocenters. The number of hydrogen-bond acceptors (Lipinski definition) is 0. The first kappa shape index (κ1) is 3.95. The fourth-order valence-corrected chi connectivity index (χ4v) is 5.30. The van der Waals surface area contributed by atoms with E-state index in [9.17, 15) is 0 Å². The Hall–Kier alpha value is 0.779. The number of allylic oxidation sites excluding steroid dienone is 1. The van der Waals surface area contributed by atoms with E-state index in [1.54, 1.807) is 0 Å². The van der Waals surface area contributed by atoms with E-state index in [0.717, 1.165) is 26.3 Å². The van der Waals surface area contributed by atoms with E-state index in [4.69, 9.17) is 0 Å². The van der Waals surface area contributed by atoms with E-state index in [0.29, 0.717) is 0 Å². The van der Waals surface area contributed by atoms with Gasteiger partial charge in [-0.05, 0) is 0 Å². The minimum atomic E-state index is 0.951. The van der Waals surface area contributed by atoms with Crippen molar-refractivity contribution in [2.45, 2.75) is 5.32 Å². The molecule has 0 aliphatic carbocycles. The Labute approximate surface area is 42.9 Å². The van der Waals surface area contributed by atoms with Crippen LogP contribution in [0.3, 0.4) is 0 Å². The SMILES string of the molecule is C1=C[Se][Se]C1. The van der Waals surface area contributed by atoms with Crippen molar-refractivity contribution in [2.24, 2.45) is 0 Å². The van der Waals surface area contributed by atoms with Crippen molar-refractivity contribution in [1.82, 2.24) is 0 Å². The Morgan fingerprint density at radius 3 is 2.80 bits per heavy atom. The van der Waals surface area contributed by atoms with Crippen molar-refractivity contribution in [3.8, 4) is 0 Å². The van der Waals surface area contributed by atoms with Gasteiger partial charge in [0.15, 0.2) is 0 Å². The van der Waals surface area contributed by atoms with Gasteiger partial charge in [-0.15, -0.1) is 0 Å². The molecule has 0 spiro atoms. The van der Waals surface area contributed by atoms with Crippen LogP contribution in [0.5, 0.6) is 0 Å². The molecule has 1 aliphatic heterocycles. The summed E-state index contributed by atoms with van der Waals surface area (Å²) in [6, 6.07) is 0. The average molecular weight is 198 g/mol. The van der Waals surface area contributed by atoms with Gasteiger partial charge in [0.2, 0.25) is 0 Å². The summed E-state index contributed by atoms with van der Waals surface area (Å²) in [5, 5.41) is 1.41. The van der Waals surface area contributed by atoms with Crippen LogP contribution >= 0.6 is 0 Å². The predicted octanol–water partition coefficient (Wildman–Crippen LogP) is 0.255. The molecule has 28 valence electrons. The summed E-state index contributed by atoms with van der Waals surface area (Å²) in [6.07, 6.45) is 2.29. The second-order valence-electron chi connectivity index (χ2n) is 0.753. The molecular weight excluding hydrogens is 194 g/mol. The predicted molar refractivity (Wildman–Crippen MR) is 25.5 cm³/mol. The molecule has 0 bridgehead atoms. The molecule has 0 amide bonds. The molecule has 0 saturated heterocycles. The molecule has 0 fully saturated rings. The van der Waals surface area contributed by atoms with Crippen molar-refractivity contribution in [1.29, 1.82) is 0 Å². The molecule has 0 aromatic carbocycles. The van der Waals surface area contributed by atoms with Gasteiger partial charge in [-0.25, -0.2) is 0 Å². The van der Waals surface area contributed by atoms with Crippen molar-refractivity contribution >= 4 is 26.3 Å². The molecule has 1 heterocycles. The van der Waals surface area contributed by atoms with E-state index < -0.39 is 0 Å². The molecule has 1 aliphatic rings. The van der Waals surface area contributed by atoms with Gasteiger partial charge >= 0.3 is 42.6 Å². The first-order chi connectivity index (χ1) is 2.50. The van der Waals surface area contributed by atoms with E-state index >= 15 is 0 Å². The molecule has 2 heteroatoms. The molecule has 0 saturated carbocycles. The third-order valence-corrected chi connectivity index (χ3v) is 6.17. The minimum absolute atomic E-state index is 0.951. The summed E-state index contributed by atoms with van der Waals surface area (Å²) < 4.78 is 0. The van der Waals surface area contributed by atoms with Crippen molar-refractivity contribution in [2.75, 3.05) is 0 Å². The molecule has 0 atom stereocenters. The summed E-state index contributed by atoms with van der Waals surface area (Å²) in [4.78, 5) is 2.33. The molecule has 0 aromatic heterocycles. The van der Waals surface area contributed by atoms with E-state index in [2.05, 4.69) is 11.1 Å². The third kappa shape index (κ3) is 1.11. The van der Waals surface area contributed by atoms with Gasteiger partial charge < -0.3 is 0 Å². The molecule has 0 aromatic rings. The van der Waals surface area contributed by atoms with Crippen molar-refractivity contribution < 1.29 is 0 Å². The fraction of sp³-hybridized carbons (Fsp3) is 0.333. The van der Waals surface area contributed by atoms with Gasteiger partial charge in [-0.3, -0.25) is 0 Å². The van der Waals surface area contributed by atoms with Gasteiger partial charge in [0.05, 0.1) is 0 Å².